The molecule has 210 valence electrons. The molecule has 0 unspecified atom stereocenters. The smallest absolute Gasteiger partial charge is 0.411 e. The van der Waals surface area contributed by atoms with Crippen molar-refractivity contribution in [2.45, 2.75) is 38.9 Å². The highest BCUT2D eigenvalue weighted by Crippen LogP contribution is 2.25. The Hall–Kier alpha value is -4.00. The number of benzene rings is 3. The summed E-state index contributed by atoms with van der Waals surface area (Å²) >= 11 is 0. The lowest BCUT2D eigenvalue weighted by atomic mass is 10.0. The fraction of sp³-hybridized carbons (Fsp3) is 0.323. The molecule has 0 radical (unpaired) electrons. The number of ether oxygens (including phenoxy) is 2. The number of hydrogen-bond donors (Lipinski definition) is 1. The number of nitrogens with zero attached hydrogens (tertiary/aromatic N) is 2. The number of piperidine rings is 1. The zero-order valence-corrected chi connectivity index (χ0v) is 23.7. The van der Waals surface area contributed by atoms with Gasteiger partial charge in [0, 0.05) is 37.9 Å². The van der Waals surface area contributed by atoms with Crippen molar-refractivity contribution in [2.24, 2.45) is 0 Å². The van der Waals surface area contributed by atoms with E-state index in [9.17, 15) is 13.2 Å². The molecule has 0 atom stereocenters. The Morgan fingerprint density at radius 2 is 1.57 bits per heavy atom. The molecular weight excluding hydrogens is 526 g/mol. The molecule has 1 saturated heterocycles. The molecule has 40 heavy (non-hydrogen) atoms. The van der Waals surface area contributed by atoms with E-state index in [-0.39, 0.29) is 18.7 Å². The van der Waals surface area contributed by atoms with Crippen molar-refractivity contribution in [1.29, 1.82) is 0 Å². The SMILES string of the molecule is CC#CCOC(=O)N(Cc1ccccc1)C1CCN(Cc2ccc(Oc3ccc(NS(C)(=O)=O)cc3)cc2)CC1. The lowest BCUT2D eigenvalue weighted by molar-refractivity contribution is 0.0669. The first-order chi connectivity index (χ1) is 19.3. The van der Waals surface area contributed by atoms with E-state index in [4.69, 9.17) is 9.47 Å². The van der Waals surface area contributed by atoms with Crippen LogP contribution in [0.5, 0.6) is 11.5 Å². The highest BCUT2D eigenvalue weighted by Gasteiger charge is 2.29. The quantitative estimate of drug-likeness (QED) is 0.330. The maximum atomic E-state index is 12.9. The van der Waals surface area contributed by atoms with Crippen molar-refractivity contribution in [2.75, 3.05) is 30.7 Å². The summed E-state index contributed by atoms with van der Waals surface area (Å²) in [7, 11) is -3.32. The predicted octanol–water partition coefficient (Wildman–Crippen LogP) is 5.48. The largest absolute Gasteiger partial charge is 0.457 e. The van der Waals surface area contributed by atoms with Crippen LogP contribution < -0.4 is 9.46 Å². The normalized spacial score (nSPS) is 14.1. The summed E-state index contributed by atoms with van der Waals surface area (Å²) in [6.45, 7) is 4.92. The summed E-state index contributed by atoms with van der Waals surface area (Å²) in [5, 5.41) is 0. The molecule has 1 heterocycles. The number of sulfonamides is 1. The highest BCUT2D eigenvalue weighted by atomic mass is 32.2. The molecule has 0 saturated carbocycles. The molecule has 4 rings (SSSR count). The van der Waals surface area contributed by atoms with E-state index in [1.54, 1.807) is 31.2 Å². The summed E-state index contributed by atoms with van der Waals surface area (Å²) < 4.78 is 36.5. The molecule has 1 aliphatic rings. The zero-order chi connectivity index (χ0) is 28.4. The lowest BCUT2D eigenvalue weighted by Gasteiger charge is -2.38. The van der Waals surface area contributed by atoms with Gasteiger partial charge in [-0.05, 0) is 67.3 Å². The van der Waals surface area contributed by atoms with Gasteiger partial charge in [-0.1, -0.05) is 48.4 Å². The molecule has 0 aliphatic carbocycles. The van der Waals surface area contributed by atoms with Crippen LogP contribution >= 0.6 is 0 Å². The average molecular weight is 562 g/mol. The summed E-state index contributed by atoms with van der Waals surface area (Å²) in [6.07, 6.45) is 2.53. The van der Waals surface area contributed by atoms with Crippen LogP contribution in [0.2, 0.25) is 0 Å². The Balaban J connectivity index is 1.29. The lowest BCUT2D eigenvalue weighted by Crippen LogP contribution is -2.47. The van der Waals surface area contributed by atoms with Crippen LogP contribution in [0.4, 0.5) is 10.5 Å². The highest BCUT2D eigenvalue weighted by molar-refractivity contribution is 7.92. The molecule has 3 aromatic carbocycles. The molecule has 0 aromatic heterocycles. The Kier molecular flexibility index (Phi) is 10.1. The zero-order valence-electron chi connectivity index (χ0n) is 22.9. The van der Waals surface area contributed by atoms with Gasteiger partial charge in [0.15, 0.2) is 6.61 Å². The Morgan fingerprint density at radius 1 is 0.950 bits per heavy atom. The molecule has 0 bridgehead atoms. The number of carbonyl (C=O) groups excluding carboxylic acids is 1. The number of rotatable bonds is 10. The Bertz CT molecular complexity index is 1410. The van der Waals surface area contributed by atoms with E-state index in [1.165, 1.54) is 5.56 Å². The van der Waals surface area contributed by atoms with Crippen LogP contribution in [0.1, 0.15) is 30.9 Å². The van der Waals surface area contributed by atoms with Gasteiger partial charge in [-0.2, -0.15) is 0 Å². The molecule has 9 heteroatoms. The van der Waals surface area contributed by atoms with E-state index in [1.807, 2.05) is 47.4 Å². The van der Waals surface area contributed by atoms with Crippen molar-refractivity contribution in [3.05, 3.63) is 90.0 Å². The third-order valence-corrected chi connectivity index (χ3v) is 7.20. The van der Waals surface area contributed by atoms with Crippen molar-refractivity contribution in [3.63, 3.8) is 0 Å². The van der Waals surface area contributed by atoms with Crippen LogP contribution in [0.25, 0.3) is 0 Å². The van der Waals surface area contributed by atoms with Crippen molar-refractivity contribution < 1.29 is 22.7 Å². The van der Waals surface area contributed by atoms with Gasteiger partial charge in [-0.15, -0.1) is 5.92 Å². The molecule has 1 fully saturated rings. The van der Waals surface area contributed by atoms with Gasteiger partial charge in [0.25, 0.3) is 0 Å². The maximum absolute atomic E-state index is 12.9. The van der Waals surface area contributed by atoms with E-state index in [0.717, 1.165) is 44.3 Å². The van der Waals surface area contributed by atoms with Gasteiger partial charge >= 0.3 is 6.09 Å². The average Bonchev–Trinajstić information content (AvgIpc) is 2.94. The first kappa shape index (κ1) is 29.0. The maximum Gasteiger partial charge on any atom is 0.411 e. The molecular formula is C31H35N3O5S. The minimum Gasteiger partial charge on any atom is -0.457 e. The van der Waals surface area contributed by atoms with Crippen molar-refractivity contribution in [1.82, 2.24) is 9.80 Å². The van der Waals surface area contributed by atoms with Gasteiger partial charge in [0.1, 0.15) is 11.5 Å². The van der Waals surface area contributed by atoms with Crippen LogP contribution in [-0.4, -0.2) is 56.3 Å². The second kappa shape index (κ2) is 13.9. The van der Waals surface area contributed by atoms with E-state index in [0.29, 0.717) is 23.7 Å². The third-order valence-electron chi connectivity index (χ3n) is 6.60. The van der Waals surface area contributed by atoms with Crippen molar-refractivity contribution >= 4 is 21.8 Å². The fourth-order valence-electron chi connectivity index (χ4n) is 4.63. The standard InChI is InChI=1S/C31H35N3O5S/c1-3-4-22-38-31(35)34(24-25-8-6-5-7-9-25)28-18-20-33(21-19-28)23-26-10-14-29(15-11-26)39-30-16-12-27(13-17-30)32-40(2,36)37/h5-17,28,32H,18-24H2,1-2H3. The molecule has 1 amide bonds. The summed E-state index contributed by atoms with van der Waals surface area (Å²) in [4.78, 5) is 17.2. The minimum absolute atomic E-state index is 0.102. The summed E-state index contributed by atoms with van der Waals surface area (Å²) in [6, 6.07) is 24.8. The molecule has 3 aromatic rings. The molecule has 1 aliphatic heterocycles. The van der Waals surface area contributed by atoms with Gasteiger partial charge in [0.05, 0.1) is 6.26 Å². The first-order valence-electron chi connectivity index (χ1n) is 13.2. The third kappa shape index (κ3) is 9.04. The molecule has 0 spiro atoms. The van der Waals surface area contributed by atoms with Gasteiger partial charge < -0.3 is 14.4 Å². The number of anilines is 1. The first-order valence-corrected chi connectivity index (χ1v) is 15.1. The monoisotopic (exact) mass is 561 g/mol. The Labute approximate surface area is 237 Å². The van der Waals surface area contributed by atoms with Gasteiger partial charge in [-0.3, -0.25) is 9.62 Å². The van der Waals surface area contributed by atoms with Crippen molar-refractivity contribution in [3.8, 4) is 23.3 Å². The fourth-order valence-corrected chi connectivity index (χ4v) is 5.19. The van der Waals surface area contributed by atoms with Gasteiger partial charge in [0.2, 0.25) is 10.0 Å². The number of nitrogens with one attached hydrogen (secondary N) is 1. The summed E-state index contributed by atoms with van der Waals surface area (Å²) in [5.41, 5.74) is 2.74. The van der Waals surface area contributed by atoms with Crippen LogP contribution in [0, 0.1) is 11.8 Å². The number of carbonyl (C=O) groups is 1. The minimum atomic E-state index is -3.32. The van der Waals surface area contributed by atoms with E-state index in [2.05, 4.69) is 33.6 Å². The second-order valence-corrected chi connectivity index (χ2v) is 11.5. The number of amides is 1. The van der Waals surface area contributed by atoms with Crippen LogP contribution in [0.3, 0.4) is 0 Å². The van der Waals surface area contributed by atoms with Crippen LogP contribution in [0.15, 0.2) is 78.9 Å². The topological polar surface area (TPSA) is 88.2 Å². The molecule has 1 N–H and O–H groups in total. The summed E-state index contributed by atoms with van der Waals surface area (Å²) in [5.74, 6) is 6.89. The van der Waals surface area contributed by atoms with Crippen LogP contribution in [-0.2, 0) is 27.8 Å². The number of hydrogen-bond acceptors (Lipinski definition) is 6. The second-order valence-electron chi connectivity index (χ2n) is 9.75. The predicted molar refractivity (Wildman–Crippen MR) is 157 cm³/mol. The van der Waals surface area contributed by atoms with E-state index < -0.39 is 10.0 Å². The van der Waals surface area contributed by atoms with Gasteiger partial charge in [-0.25, -0.2) is 13.2 Å². The molecule has 8 nitrogen and oxygen atoms in total. The Morgan fingerprint density at radius 3 is 2.17 bits per heavy atom. The van der Waals surface area contributed by atoms with E-state index >= 15 is 0 Å². The number of likely N-dealkylation sites (tertiary alicyclic amines) is 1.